The van der Waals surface area contributed by atoms with Crippen LogP contribution >= 0.6 is 0 Å². The summed E-state index contributed by atoms with van der Waals surface area (Å²) in [5.41, 5.74) is 1.07. The number of benzene rings is 1. The van der Waals surface area contributed by atoms with Crippen molar-refractivity contribution in [2.24, 2.45) is 0 Å². The SMILES string of the molecule is Fc1cccc(Oc2cncc(CNC3CC3)c2)c1. The molecule has 1 aromatic heterocycles. The number of nitrogens with one attached hydrogen (secondary N) is 1. The molecule has 1 aromatic carbocycles. The molecule has 0 saturated heterocycles. The maximum absolute atomic E-state index is 13.1. The molecule has 1 aliphatic rings. The number of hydrogen-bond acceptors (Lipinski definition) is 3. The third-order valence-electron chi connectivity index (χ3n) is 2.97. The zero-order chi connectivity index (χ0) is 13.1. The van der Waals surface area contributed by atoms with Crippen molar-refractivity contribution in [3.63, 3.8) is 0 Å². The van der Waals surface area contributed by atoms with Crippen LogP contribution in [0.1, 0.15) is 18.4 Å². The van der Waals surface area contributed by atoms with Gasteiger partial charge in [0.1, 0.15) is 17.3 Å². The third kappa shape index (κ3) is 3.51. The van der Waals surface area contributed by atoms with Crippen LogP contribution in [0.15, 0.2) is 42.7 Å². The number of pyridine rings is 1. The highest BCUT2D eigenvalue weighted by Gasteiger charge is 2.19. The fourth-order valence-corrected chi connectivity index (χ4v) is 1.83. The number of aromatic nitrogens is 1. The number of hydrogen-bond donors (Lipinski definition) is 1. The van der Waals surface area contributed by atoms with Crippen molar-refractivity contribution in [1.29, 1.82) is 0 Å². The van der Waals surface area contributed by atoms with Crippen LogP contribution in [-0.2, 0) is 6.54 Å². The lowest BCUT2D eigenvalue weighted by molar-refractivity contribution is 0.473. The Morgan fingerprint density at radius 2 is 2.11 bits per heavy atom. The molecule has 19 heavy (non-hydrogen) atoms. The van der Waals surface area contributed by atoms with Crippen molar-refractivity contribution in [3.8, 4) is 11.5 Å². The van der Waals surface area contributed by atoms with Crippen molar-refractivity contribution in [2.45, 2.75) is 25.4 Å². The minimum absolute atomic E-state index is 0.308. The summed E-state index contributed by atoms with van der Waals surface area (Å²) >= 11 is 0. The third-order valence-corrected chi connectivity index (χ3v) is 2.97. The molecule has 1 fully saturated rings. The van der Waals surface area contributed by atoms with Gasteiger partial charge in [-0.15, -0.1) is 0 Å². The number of nitrogens with zero attached hydrogens (tertiary/aromatic N) is 1. The molecule has 1 aliphatic carbocycles. The first-order chi connectivity index (χ1) is 9.29. The predicted octanol–water partition coefficient (Wildman–Crippen LogP) is 3.27. The van der Waals surface area contributed by atoms with Crippen LogP contribution in [0, 0.1) is 5.82 Å². The average Bonchev–Trinajstić information content (AvgIpc) is 3.21. The second-order valence-corrected chi connectivity index (χ2v) is 4.74. The first-order valence-electron chi connectivity index (χ1n) is 6.40. The minimum atomic E-state index is -0.308. The smallest absolute Gasteiger partial charge is 0.146 e. The van der Waals surface area contributed by atoms with Gasteiger partial charge >= 0.3 is 0 Å². The van der Waals surface area contributed by atoms with E-state index >= 15 is 0 Å². The first-order valence-corrected chi connectivity index (χ1v) is 6.40. The van der Waals surface area contributed by atoms with Gasteiger partial charge in [0.15, 0.2) is 0 Å². The summed E-state index contributed by atoms with van der Waals surface area (Å²) in [5, 5.41) is 3.42. The maximum Gasteiger partial charge on any atom is 0.146 e. The Morgan fingerprint density at radius 1 is 1.21 bits per heavy atom. The van der Waals surface area contributed by atoms with Gasteiger partial charge in [0.25, 0.3) is 0 Å². The van der Waals surface area contributed by atoms with Crippen molar-refractivity contribution in [1.82, 2.24) is 10.3 Å². The molecular weight excluding hydrogens is 243 g/mol. The zero-order valence-electron chi connectivity index (χ0n) is 10.5. The summed E-state index contributed by atoms with van der Waals surface area (Å²) in [6.07, 6.45) is 5.96. The Balaban J connectivity index is 1.67. The molecule has 1 N–H and O–H groups in total. The second kappa shape index (κ2) is 5.36. The van der Waals surface area contributed by atoms with E-state index in [1.54, 1.807) is 18.3 Å². The lowest BCUT2D eigenvalue weighted by Crippen LogP contribution is -2.15. The Labute approximate surface area is 111 Å². The fraction of sp³-hybridized carbons (Fsp3) is 0.267. The largest absolute Gasteiger partial charge is 0.456 e. The van der Waals surface area contributed by atoms with E-state index in [9.17, 15) is 4.39 Å². The summed E-state index contributed by atoms with van der Waals surface area (Å²) in [4.78, 5) is 4.14. The van der Waals surface area contributed by atoms with Gasteiger partial charge in [0, 0.05) is 24.8 Å². The number of halogens is 1. The Kier molecular flexibility index (Phi) is 3.42. The number of ether oxygens (including phenoxy) is 1. The fourth-order valence-electron chi connectivity index (χ4n) is 1.83. The van der Waals surface area contributed by atoms with Gasteiger partial charge in [-0.25, -0.2) is 4.39 Å². The van der Waals surface area contributed by atoms with Crippen LogP contribution in [0.25, 0.3) is 0 Å². The summed E-state index contributed by atoms with van der Waals surface area (Å²) in [6.45, 7) is 0.790. The molecule has 1 saturated carbocycles. The quantitative estimate of drug-likeness (QED) is 0.893. The molecule has 0 radical (unpaired) electrons. The van der Waals surface area contributed by atoms with Crippen LogP contribution in [0.4, 0.5) is 4.39 Å². The zero-order valence-corrected chi connectivity index (χ0v) is 10.5. The standard InChI is InChI=1S/C15H15FN2O/c16-12-2-1-3-14(7-12)19-15-6-11(8-17-10-15)9-18-13-4-5-13/h1-3,6-8,10,13,18H,4-5,9H2. The Bertz CT molecular complexity index is 570. The molecule has 0 aliphatic heterocycles. The van der Waals surface area contributed by atoms with Crippen molar-refractivity contribution >= 4 is 0 Å². The van der Waals surface area contributed by atoms with Gasteiger partial charge in [-0.05, 0) is 36.6 Å². The van der Waals surface area contributed by atoms with Gasteiger partial charge in [-0.2, -0.15) is 0 Å². The van der Waals surface area contributed by atoms with Gasteiger partial charge in [0.2, 0.25) is 0 Å². The second-order valence-electron chi connectivity index (χ2n) is 4.74. The van der Waals surface area contributed by atoms with E-state index in [1.807, 2.05) is 12.3 Å². The molecule has 0 bridgehead atoms. The highest BCUT2D eigenvalue weighted by atomic mass is 19.1. The topological polar surface area (TPSA) is 34.1 Å². The minimum Gasteiger partial charge on any atom is -0.456 e. The summed E-state index contributed by atoms with van der Waals surface area (Å²) in [7, 11) is 0. The summed E-state index contributed by atoms with van der Waals surface area (Å²) in [6, 6.07) is 8.67. The van der Waals surface area contributed by atoms with E-state index in [4.69, 9.17) is 4.74 Å². The van der Waals surface area contributed by atoms with Crippen LogP contribution < -0.4 is 10.1 Å². The summed E-state index contributed by atoms with van der Waals surface area (Å²) < 4.78 is 18.7. The van der Waals surface area contributed by atoms with E-state index in [2.05, 4.69) is 10.3 Å². The molecule has 3 rings (SSSR count). The molecule has 2 aromatic rings. The monoisotopic (exact) mass is 258 g/mol. The Hall–Kier alpha value is -1.94. The van der Waals surface area contributed by atoms with E-state index in [-0.39, 0.29) is 5.82 Å². The number of rotatable bonds is 5. The van der Waals surface area contributed by atoms with E-state index < -0.39 is 0 Å². The summed E-state index contributed by atoms with van der Waals surface area (Å²) in [5.74, 6) is 0.798. The molecular formula is C15H15FN2O. The molecule has 0 unspecified atom stereocenters. The van der Waals surface area contributed by atoms with Crippen LogP contribution in [0.2, 0.25) is 0 Å². The molecule has 98 valence electrons. The maximum atomic E-state index is 13.1. The molecule has 3 nitrogen and oxygen atoms in total. The first kappa shape index (κ1) is 12.1. The van der Waals surface area contributed by atoms with E-state index in [0.717, 1.165) is 12.1 Å². The lowest BCUT2D eigenvalue weighted by Gasteiger charge is -2.07. The van der Waals surface area contributed by atoms with Gasteiger partial charge in [-0.1, -0.05) is 6.07 Å². The van der Waals surface area contributed by atoms with Crippen molar-refractivity contribution in [2.75, 3.05) is 0 Å². The lowest BCUT2D eigenvalue weighted by atomic mass is 10.2. The van der Waals surface area contributed by atoms with Gasteiger partial charge in [0.05, 0.1) is 6.20 Å². The van der Waals surface area contributed by atoms with E-state index in [0.29, 0.717) is 17.5 Å². The van der Waals surface area contributed by atoms with Gasteiger partial charge < -0.3 is 10.1 Å². The highest BCUT2D eigenvalue weighted by Crippen LogP contribution is 2.23. The van der Waals surface area contributed by atoms with Crippen LogP contribution in [0.5, 0.6) is 11.5 Å². The molecule has 0 atom stereocenters. The normalized spacial score (nSPS) is 14.4. The van der Waals surface area contributed by atoms with Crippen molar-refractivity contribution < 1.29 is 9.13 Å². The van der Waals surface area contributed by atoms with Gasteiger partial charge in [-0.3, -0.25) is 4.98 Å². The van der Waals surface area contributed by atoms with E-state index in [1.165, 1.54) is 25.0 Å². The van der Waals surface area contributed by atoms with Crippen molar-refractivity contribution in [3.05, 3.63) is 54.1 Å². The highest BCUT2D eigenvalue weighted by molar-refractivity contribution is 5.31. The Morgan fingerprint density at radius 3 is 2.89 bits per heavy atom. The molecule has 1 heterocycles. The van der Waals surface area contributed by atoms with Crippen LogP contribution in [-0.4, -0.2) is 11.0 Å². The molecule has 0 amide bonds. The van der Waals surface area contributed by atoms with Crippen LogP contribution in [0.3, 0.4) is 0 Å². The predicted molar refractivity (Wildman–Crippen MR) is 70.6 cm³/mol. The molecule has 0 spiro atoms. The molecule has 4 heteroatoms. The average molecular weight is 258 g/mol.